The van der Waals surface area contributed by atoms with E-state index in [0.29, 0.717) is 6.54 Å². The third-order valence-electron chi connectivity index (χ3n) is 3.87. The lowest BCUT2D eigenvalue weighted by atomic mass is 9.84. The molecule has 0 amide bonds. The van der Waals surface area contributed by atoms with Crippen LogP contribution in [0.3, 0.4) is 0 Å². The summed E-state index contributed by atoms with van der Waals surface area (Å²) in [6, 6.07) is 4.66. The SMILES string of the molecule is COc1cc(NCC2([S@](C)=O)CCC2)ccc1[N+](=O)[O-]. The summed E-state index contributed by atoms with van der Waals surface area (Å²) in [6.45, 7) is 0.608. The van der Waals surface area contributed by atoms with Crippen LogP contribution in [0.5, 0.6) is 5.75 Å². The second-order valence-corrected chi connectivity index (χ2v) is 6.76. The van der Waals surface area contributed by atoms with Crippen LogP contribution in [-0.4, -0.2) is 33.8 Å². The van der Waals surface area contributed by atoms with E-state index in [9.17, 15) is 14.3 Å². The van der Waals surface area contributed by atoms with E-state index >= 15 is 0 Å². The summed E-state index contributed by atoms with van der Waals surface area (Å²) in [4.78, 5) is 10.3. The molecule has 2 rings (SSSR count). The minimum atomic E-state index is -0.877. The van der Waals surface area contributed by atoms with Crippen molar-refractivity contribution in [1.82, 2.24) is 0 Å². The van der Waals surface area contributed by atoms with Crippen LogP contribution in [0.25, 0.3) is 0 Å². The van der Waals surface area contributed by atoms with Gasteiger partial charge >= 0.3 is 5.69 Å². The molecule has 1 atom stereocenters. The normalized spacial score (nSPS) is 17.9. The summed E-state index contributed by atoms with van der Waals surface area (Å²) >= 11 is 0. The van der Waals surface area contributed by atoms with Crippen molar-refractivity contribution >= 4 is 22.2 Å². The number of hydrogen-bond donors (Lipinski definition) is 1. The lowest BCUT2D eigenvalue weighted by Crippen LogP contribution is -2.47. The molecule has 1 aliphatic carbocycles. The van der Waals surface area contributed by atoms with E-state index in [2.05, 4.69) is 5.32 Å². The highest BCUT2D eigenvalue weighted by Crippen LogP contribution is 2.37. The summed E-state index contributed by atoms with van der Waals surface area (Å²) in [5, 5.41) is 14.0. The molecule has 1 N–H and O–H groups in total. The maximum Gasteiger partial charge on any atom is 0.311 e. The first-order valence-electron chi connectivity index (χ1n) is 6.38. The van der Waals surface area contributed by atoms with Gasteiger partial charge in [-0.1, -0.05) is 6.42 Å². The molecule has 0 heterocycles. The fraction of sp³-hybridized carbons (Fsp3) is 0.538. The number of nitro benzene ring substituents is 1. The van der Waals surface area contributed by atoms with Gasteiger partial charge in [-0.3, -0.25) is 14.3 Å². The van der Waals surface area contributed by atoms with Crippen molar-refractivity contribution < 1.29 is 13.9 Å². The largest absolute Gasteiger partial charge is 0.490 e. The molecule has 7 heteroatoms. The fourth-order valence-corrected chi connectivity index (χ4v) is 3.48. The summed E-state index contributed by atoms with van der Waals surface area (Å²) in [5.41, 5.74) is 0.680. The van der Waals surface area contributed by atoms with Crippen LogP contribution in [0.4, 0.5) is 11.4 Å². The number of methoxy groups -OCH3 is 1. The third kappa shape index (κ3) is 2.77. The topological polar surface area (TPSA) is 81.5 Å². The molecular weight excluding hydrogens is 280 g/mol. The summed E-state index contributed by atoms with van der Waals surface area (Å²) < 4.78 is 16.7. The number of nitrogens with zero attached hydrogens (tertiary/aromatic N) is 1. The average Bonchev–Trinajstić information content (AvgIpc) is 2.36. The second kappa shape index (κ2) is 5.78. The van der Waals surface area contributed by atoms with Gasteiger partial charge in [0.1, 0.15) is 0 Å². The predicted molar refractivity (Wildman–Crippen MR) is 78.8 cm³/mol. The molecule has 1 aromatic rings. The van der Waals surface area contributed by atoms with Crippen LogP contribution in [0.2, 0.25) is 0 Å². The van der Waals surface area contributed by atoms with Gasteiger partial charge in [-0.25, -0.2) is 0 Å². The van der Waals surface area contributed by atoms with Gasteiger partial charge in [0.15, 0.2) is 5.75 Å². The van der Waals surface area contributed by atoms with Crippen LogP contribution in [0.1, 0.15) is 19.3 Å². The van der Waals surface area contributed by atoms with Crippen molar-refractivity contribution in [2.24, 2.45) is 0 Å². The van der Waals surface area contributed by atoms with Gasteiger partial charge in [0, 0.05) is 41.4 Å². The Balaban J connectivity index is 2.10. The van der Waals surface area contributed by atoms with Crippen LogP contribution in [0.15, 0.2) is 18.2 Å². The van der Waals surface area contributed by atoms with Crippen molar-refractivity contribution in [1.29, 1.82) is 0 Å². The van der Waals surface area contributed by atoms with Crippen LogP contribution >= 0.6 is 0 Å². The molecule has 0 aromatic heterocycles. The van der Waals surface area contributed by atoms with E-state index < -0.39 is 15.7 Å². The number of anilines is 1. The number of rotatable bonds is 6. The van der Waals surface area contributed by atoms with E-state index in [4.69, 9.17) is 4.74 Å². The van der Waals surface area contributed by atoms with Crippen LogP contribution in [-0.2, 0) is 10.8 Å². The molecule has 1 aromatic carbocycles. The zero-order valence-electron chi connectivity index (χ0n) is 11.5. The van der Waals surface area contributed by atoms with Crippen molar-refractivity contribution in [3.8, 4) is 5.75 Å². The van der Waals surface area contributed by atoms with Crippen molar-refractivity contribution in [3.05, 3.63) is 28.3 Å². The third-order valence-corrected chi connectivity index (χ3v) is 5.64. The molecule has 0 unspecified atom stereocenters. The Bertz CT molecular complexity index is 543. The molecular formula is C13H18N2O4S. The Hall–Kier alpha value is -1.63. The smallest absolute Gasteiger partial charge is 0.311 e. The fourth-order valence-electron chi connectivity index (χ4n) is 2.34. The molecule has 20 heavy (non-hydrogen) atoms. The van der Waals surface area contributed by atoms with Gasteiger partial charge in [0.25, 0.3) is 0 Å². The van der Waals surface area contributed by atoms with Gasteiger partial charge < -0.3 is 10.1 Å². The molecule has 0 radical (unpaired) electrons. The molecule has 1 saturated carbocycles. The highest BCUT2D eigenvalue weighted by Gasteiger charge is 2.40. The predicted octanol–water partition coefficient (Wildman–Crippen LogP) is 2.32. The Morgan fingerprint density at radius 2 is 2.20 bits per heavy atom. The molecule has 0 bridgehead atoms. The molecule has 0 aliphatic heterocycles. The minimum Gasteiger partial charge on any atom is -0.490 e. The number of ether oxygens (including phenoxy) is 1. The van der Waals surface area contributed by atoms with Crippen molar-refractivity contribution in [2.45, 2.75) is 24.0 Å². The van der Waals surface area contributed by atoms with E-state index in [1.54, 1.807) is 18.4 Å². The van der Waals surface area contributed by atoms with Gasteiger partial charge in [0.05, 0.1) is 16.8 Å². The van der Waals surface area contributed by atoms with Crippen molar-refractivity contribution in [2.75, 3.05) is 25.2 Å². The zero-order valence-corrected chi connectivity index (χ0v) is 12.4. The first-order chi connectivity index (χ1) is 9.48. The number of hydrogen-bond acceptors (Lipinski definition) is 5. The minimum absolute atomic E-state index is 0.0597. The first-order valence-corrected chi connectivity index (χ1v) is 7.94. The summed E-state index contributed by atoms with van der Waals surface area (Å²) in [5.74, 6) is 0.222. The maximum absolute atomic E-state index is 11.8. The number of nitrogens with one attached hydrogen (secondary N) is 1. The van der Waals surface area contributed by atoms with Gasteiger partial charge in [-0.15, -0.1) is 0 Å². The van der Waals surface area contributed by atoms with Gasteiger partial charge in [-0.2, -0.15) is 0 Å². The van der Waals surface area contributed by atoms with Gasteiger partial charge in [-0.05, 0) is 18.9 Å². The molecule has 1 aliphatic rings. The van der Waals surface area contributed by atoms with Crippen molar-refractivity contribution in [3.63, 3.8) is 0 Å². The highest BCUT2D eigenvalue weighted by atomic mass is 32.2. The quantitative estimate of drug-likeness (QED) is 0.644. The zero-order chi connectivity index (χ0) is 14.8. The second-order valence-electron chi connectivity index (χ2n) is 4.99. The van der Waals surface area contributed by atoms with E-state index in [0.717, 1.165) is 24.9 Å². The lowest BCUT2D eigenvalue weighted by Gasteiger charge is -2.40. The Kier molecular flexibility index (Phi) is 4.27. The number of benzene rings is 1. The van der Waals surface area contributed by atoms with E-state index in [-0.39, 0.29) is 16.2 Å². The number of nitro groups is 1. The molecule has 0 spiro atoms. The monoisotopic (exact) mass is 298 g/mol. The highest BCUT2D eigenvalue weighted by molar-refractivity contribution is 7.85. The lowest BCUT2D eigenvalue weighted by molar-refractivity contribution is -0.385. The van der Waals surface area contributed by atoms with Crippen LogP contribution in [0, 0.1) is 10.1 Å². The van der Waals surface area contributed by atoms with E-state index in [1.807, 2.05) is 0 Å². The molecule has 0 saturated heterocycles. The first kappa shape index (κ1) is 14.8. The Morgan fingerprint density at radius 3 is 2.65 bits per heavy atom. The maximum atomic E-state index is 11.8. The standard InChI is InChI=1S/C13H18N2O4S/c1-19-12-8-10(4-5-11(12)15(16)17)14-9-13(20(2)18)6-3-7-13/h4-5,8,14H,3,6-7,9H2,1-2H3/t20-/m0/s1. The summed E-state index contributed by atoms with van der Waals surface area (Å²) in [6.07, 6.45) is 4.74. The average molecular weight is 298 g/mol. The molecule has 110 valence electrons. The molecule has 1 fully saturated rings. The molecule has 6 nitrogen and oxygen atoms in total. The Labute approximate surface area is 120 Å². The Morgan fingerprint density at radius 1 is 1.50 bits per heavy atom. The van der Waals surface area contributed by atoms with Crippen LogP contribution < -0.4 is 10.1 Å². The van der Waals surface area contributed by atoms with E-state index in [1.165, 1.54) is 13.2 Å². The van der Waals surface area contributed by atoms with Gasteiger partial charge in [0.2, 0.25) is 0 Å². The summed E-state index contributed by atoms with van der Waals surface area (Å²) in [7, 11) is 0.527.